The zero-order valence-corrected chi connectivity index (χ0v) is 6.48. The van der Waals surface area contributed by atoms with Crippen LogP contribution in [0.3, 0.4) is 0 Å². The van der Waals surface area contributed by atoms with E-state index >= 15 is 0 Å². The molecule has 54 valence electrons. The standard InChI is InChI=1S/C8H6N2S/c11-8-9-6-4-2-1-3-5-7(6)10-8/h1-5H,(H,9,10,11)/i1D. The number of H-pyrrole nitrogens is 1. The molecule has 0 saturated carbocycles. The molecule has 0 amide bonds. The molecule has 0 spiro atoms. The van der Waals surface area contributed by atoms with Crippen LogP contribution in [-0.2, 0) is 0 Å². The highest BCUT2D eigenvalue weighted by molar-refractivity contribution is 7.71. The van der Waals surface area contributed by atoms with Gasteiger partial charge >= 0.3 is 0 Å². The Kier molecular flexibility index (Phi) is 1.20. The van der Waals surface area contributed by atoms with E-state index in [1.807, 2.05) is 0 Å². The van der Waals surface area contributed by atoms with Gasteiger partial charge in [-0.05, 0) is 24.4 Å². The molecule has 0 atom stereocenters. The number of hydrogen-bond donors (Lipinski definition) is 1. The normalized spacial score (nSPS) is 11.5. The molecule has 0 fully saturated rings. The van der Waals surface area contributed by atoms with Gasteiger partial charge in [-0.2, -0.15) is 0 Å². The monoisotopic (exact) mass is 163 g/mol. The number of nitrogens with zero attached hydrogens (tertiary/aromatic N) is 1. The Balaban J connectivity index is 2.78. The second-order valence-electron chi connectivity index (χ2n) is 2.17. The number of rotatable bonds is 0. The van der Waals surface area contributed by atoms with E-state index in [0.717, 1.165) is 11.4 Å². The van der Waals surface area contributed by atoms with E-state index in [0.29, 0.717) is 10.8 Å². The molecule has 1 aliphatic heterocycles. The summed E-state index contributed by atoms with van der Waals surface area (Å²) in [4.78, 5) is 7.00. The molecule has 2 rings (SSSR count). The molecule has 3 heteroatoms. The van der Waals surface area contributed by atoms with Gasteiger partial charge in [0.15, 0.2) is 4.77 Å². The molecule has 1 heterocycles. The minimum atomic E-state index is 0.465. The first-order valence-electron chi connectivity index (χ1n) is 3.72. The maximum absolute atomic E-state index is 7.36. The highest BCUT2D eigenvalue weighted by Gasteiger charge is 1.99. The molecular weight excluding hydrogens is 156 g/mol. The van der Waals surface area contributed by atoms with Crippen molar-refractivity contribution in [2.24, 2.45) is 0 Å². The van der Waals surface area contributed by atoms with Gasteiger partial charge in [-0.25, -0.2) is 4.98 Å². The van der Waals surface area contributed by atoms with Gasteiger partial charge in [0, 0.05) is 0 Å². The van der Waals surface area contributed by atoms with Crippen LogP contribution in [0.15, 0.2) is 30.3 Å². The molecule has 2 nitrogen and oxygen atoms in total. The second-order valence-corrected chi connectivity index (χ2v) is 2.56. The van der Waals surface area contributed by atoms with Gasteiger partial charge in [0.1, 0.15) is 0 Å². The Hall–Kier alpha value is -1.22. The van der Waals surface area contributed by atoms with Crippen molar-refractivity contribution in [3.63, 3.8) is 0 Å². The number of nitrogens with one attached hydrogen (secondary N) is 1. The quantitative estimate of drug-likeness (QED) is 0.603. The van der Waals surface area contributed by atoms with E-state index in [9.17, 15) is 0 Å². The zero-order valence-electron chi connectivity index (χ0n) is 6.66. The summed E-state index contributed by atoms with van der Waals surface area (Å²) in [5, 5.41) is 0. The maximum atomic E-state index is 7.36. The van der Waals surface area contributed by atoms with Gasteiger partial charge in [-0.3, -0.25) is 0 Å². The van der Waals surface area contributed by atoms with Crippen LogP contribution < -0.4 is 0 Å². The van der Waals surface area contributed by atoms with E-state index in [1.54, 1.807) is 24.3 Å². The summed E-state index contributed by atoms with van der Waals surface area (Å²) in [7, 11) is 0. The summed E-state index contributed by atoms with van der Waals surface area (Å²) in [5.41, 5.74) is 1.68. The molecule has 0 aromatic heterocycles. The third kappa shape index (κ3) is 1.14. The first-order chi connectivity index (χ1) is 5.75. The fourth-order valence-corrected chi connectivity index (χ4v) is 1.15. The van der Waals surface area contributed by atoms with Crippen molar-refractivity contribution in [3.8, 4) is 11.4 Å². The molecule has 11 heavy (non-hydrogen) atoms. The van der Waals surface area contributed by atoms with Crippen LogP contribution in [0, 0.1) is 4.77 Å². The summed E-state index contributed by atoms with van der Waals surface area (Å²) in [6.07, 6.45) is 0. The third-order valence-electron chi connectivity index (χ3n) is 1.42. The molecule has 2 aliphatic rings. The number of imidazole rings is 1. The van der Waals surface area contributed by atoms with Crippen molar-refractivity contribution in [2.75, 3.05) is 0 Å². The van der Waals surface area contributed by atoms with Crippen LogP contribution in [0.5, 0.6) is 0 Å². The Morgan fingerprint density at radius 1 is 1.45 bits per heavy atom. The molecule has 0 saturated heterocycles. The first-order valence-corrected chi connectivity index (χ1v) is 3.63. The van der Waals surface area contributed by atoms with E-state index in [2.05, 4.69) is 9.97 Å². The largest absolute Gasteiger partial charge is 0.329 e. The molecule has 0 unspecified atom stereocenters. The lowest BCUT2D eigenvalue weighted by atomic mass is 10.3. The number of aromatic amines is 1. The molecule has 1 N–H and O–H groups in total. The van der Waals surface area contributed by atoms with Crippen LogP contribution in [0.2, 0.25) is 0 Å². The molecule has 1 aliphatic carbocycles. The van der Waals surface area contributed by atoms with Gasteiger partial charge in [0.2, 0.25) is 0 Å². The summed E-state index contributed by atoms with van der Waals surface area (Å²) in [5.74, 6) is 0. The lowest BCUT2D eigenvalue weighted by Gasteiger charge is -1.82. The Morgan fingerprint density at radius 3 is 3.18 bits per heavy atom. The lowest BCUT2D eigenvalue weighted by Crippen LogP contribution is -1.67. The average Bonchev–Trinajstić information content (AvgIpc) is 2.31. The van der Waals surface area contributed by atoms with E-state index < -0.39 is 0 Å². The minimum Gasteiger partial charge on any atom is -0.329 e. The highest BCUT2D eigenvalue weighted by atomic mass is 32.1. The lowest BCUT2D eigenvalue weighted by molar-refractivity contribution is 1.29. The summed E-state index contributed by atoms with van der Waals surface area (Å²) < 4.78 is 7.84. The van der Waals surface area contributed by atoms with Crippen LogP contribution >= 0.6 is 12.2 Å². The predicted molar refractivity (Wildman–Crippen MR) is 46.0 cm³/mol. The van der Waals surface area contributed by atoms with Crippen molar-refractivity contribution in [2.45, 2.75) is 0 Å². The number of hydrogen-bond acceptors (Lipinski definition) is 2. The third-order valence-corrected chi connectivity index (χ3v) is 1.62. The minimum absolute atomic E-state index is 0.465. The molecular formula is C8H6N2S. The predicted octanol–water partition coefficient (Wildman–Crippen LogP) is 2.24. The van der Waals surface area contributed by atoms with Crippen molar-refractivity contribution in [3.05, 3.63) is 35.1 Å². The van der Waals surface area contributed by atoms with Gasteiger partial charge in [-0.15, -0.1) is 0 Å². The fourth-order valence-electron chi connectivity index (χ4n) is 0.945. The van der Waals surface area contributed by atoms with Gasteiger partial charge in [0.05, 0.1) is 12.8 Å². The summed E-state index contributed by atoms with van der Waals surface area (Å²) in [6, 6.07) is 7.45. The van der Waals surface area contributed by atoms with Crippen molar-refractivity contribution < 1.29 is 1.37 Å². The van der Waals surface area contributed by atoms with Crippen LogP contribution in [0.25, 0.3) is 11.4 Å². The SMILES string of the molecule is [2H]c1ccc2nc(=S)[nH]c-2cc1. The first kappa shape index (κ1) is 5.43. The molecule has 0 radical (unpaired) electrons. The Bertz CT molecular complexity index is 401. The number of aromatic nitrogens is 2. The van der Waals surface area contributed by atoms with E-state index in [1.165, 1.54) is 0 Å². The van der Waals surface area contributed by atoms with Crippen molar-refractivity contribution in [1.82, 2.24) is 9.97 Å². The molecule has 0 bridgehead atoms. The average molecular weight is 163 g/mol. The zero-order chi connectivity index (χ0) is 8.55. The van der Waals surface area contributed by atoms with Crippen molar-refractivity contribution >= 4 is 12.2 Å². The fraction of sp³-hybridized carbons (Fsp3) is 0. The summed E-state index contributed by atoms with van der Waals surface area (Å²) >= 11 is 4.87. The van der Waals surface area contributed by atoms with Crippen molar-refractivity contribution in [1.29, 1.82) is 0 Å². The summed E-state index contributed by atoms with van der Waals surface area (Å²) in [6.45, 7) is 0. The Labute approximate surface area is 70.7 Å². The van der Waals surface area contributed by atoms with Crippen LogP contribution in [-0.4, -0.2) is 9.97 Å². The van der Waals surface area contributed by atoms with E-state index in [4.69, 9.17) is 13.6 Å². The van der Waals surface area contributed by atoms with Crippen LogP contribution in [0.4, 0.5) is 0 Å². The smallest absolute Gasteiger partial charge is 0.197 e. The topological polar surface area (TPSA) is 28.7 Å². The number of fused-ring (bicyclic) bond motifs is 1. The second kappa shape index (κ2) is 2.43. The van der Waals surface area contributed by atoms with Gasteiger partial charge < -0.3 is 4.98 Å². The van der Waals surface area contributed by atoms with E-state index in [-0.39, 0.29) is 0 Å². The molecule has 0 aromatic rings. The highest BCUT2D eigenvalue weighted by Crippen LogP contribution is 2.13. The Morgan fingerprint density at radius 2 is 2.27 bits per heavy atom. The van der Waals surface area contributed by atoms with Crippen LogP contribution in [0.1, 0.15) is 1.37 Å². The van der Waals surface area contributed by atoms with Gasteiger partial charge in [0.25, 0.3) is 0 Å². The van der Waals surface area contributed by atoms with Gasteiger partial charge in [-0.1, -0.05) is 18.2 Å². The maximum Gasteiger partial charge on any atom is 0.197 e. The molecule has 0 aromatic carbocycles.